The number of carbonyl (C=O) groups is 1. The van der Waals surface area contributed by atoms with Crippen molar-refractivity contribution in [3.63, 3.8) is 0 Å². The molecule has 0 aliphatic rings. The zero-order valence-corrected chi connectivity index (χ0v) is 10.8. The minimum absolute atomic E-state index is 0.618. The van der Waals surface area contributed by atoms with Gasteiger partial charge in [0, 0.05) is 16.5 Å². The second-order valence-electron chi connectivity index (χ2n) is 4.10. The van der Waals surface area contributed by atoms with Crippen LogP contribution in [-0.2, 0) is 4.79 Å². The third kappa shape index (κ3) is 2.36. The lowest BCUT2D eigenvalue weighted by molar-refractivity contribution is -0.131. The number of nitrogens with zero attached hydrogens (tertiary/aromatic N) is 1. The molecule has 0 fully saturated rings. The molecule has 0 saturated carbocycles. The van der Waals surface area contributed by atoms with Crippen molar-refractivity contribution >= 4 is 34.5 Å². The maximum atomic E-state index is 10.5. The van der Waals surface area contributed by atoms with E-state index in [1.165, 1.54) is 6.08 Å². The number of hydrogen-bond donors (Lipinski definition) is 1. The van der Waals surface area contributed by atoms with Gasteiger partial charge in [-0.25, -0.2) is 9.78 Å². The number of benzene rings is 1. The van der Waals surface area contributed by atoms with Gasteiger partial charge in [0.05, 0.1) is 11.2 Å². The summed E-state index contributed by atoms with van der Waals surface area (Å²) in [5.74, 6) is -0.989. The van der Waals surface area contributed by atoms with Gasteiger partial charge in [-0.15, -0.1) is 0 Å². The third-order valence-electron chi connectivity index (χ3n) is 2.79. The topological polar surface area (TPSA) is 50.2 Å². The number of pyridine rings is 1. The van der Waals surface area contributed by atoms with Gasteiger partial charge >= 0.3 is 5.97 Å². The predicted molar refractivity (Wildman–Crippen MR) is 72.9 cm³/mol. The molecule has 1 aromatic heterocycles. The number of carboxylic acids is 1. The normalized spacial score (nSPS) is 11.3. The van der Waals surface area contributed by atoms with Crippen LogP contribution in [0, 0.1) is 13.8 Å². The van der Waals surface area contributed by atoms with Gasteiger partial charge in [0.1, 0.15) is 0 Å². The van der Waals surface area contributed by atoms with Crippen LogP contribution >= 0.6 is 11.6 Å². The zero-order valence-electron chi connectivity index (χ0n) is 10.1. The van der Waals surface area contributed by atoms with E-state index in [1.807, 2.05) is 32.0 Å². The van der Waals surface area contributed by atoms with Gasteiger partial charge in [0.2, 0.25) is 0 Å². The van der Waals surface area contributed by atoms with Gasteiger partial charge in [-0.1, -0.05) is 17.7 Å². The quantitative estimate of drug-likeness (QED) is 0.841. The Morgan fingerprint density at radius 2 is 2.11 bits per heavy atom. The number of rotatable bonds is 2. The lowest BCUT2D eigenvalue weighted by atomic mass is 10.1. The summed E-state index contributed by atoms with van der Waals surface area (Å²) in [5, 5.41) is 10.3. The Morgan fingerprint density at radius 1 is 1.39 bits per heavy atom. The average Bonchev–Trinajstić information content (AvgIpc) is 2.32. The van der Waals surface area contributed by atoms with Crippen molar-refractivity contribution < 1.29 is 9.90 Å². The molecular weight excluding hydrogens is 250 g/mol. The molecular formula is C14H12ClNO2. The van der Waals surface area contributed by atoms with E-state index in [4.69, 9.17) is 16.7 Å². The van der Waals surface area contributed by atoms with E-state index in [0.717, 1.165) is 28.1 Å². The molecule has 0 radical (unpaired) electrons. The first-order valence-electron chi connectivity index (χ1n) is 5.46. The smallest absolute Gasteiger partial charge is 0.328 e. The fourth-order valence-electron chi connectivity index (χ4n) is 1.84. The summed E-state index contributed by atoms with van der Waals surface area (Å²) in [4.78, 5) is 14.9. The summed E-state index contributed by atoms with van der Waals surface area (Å²) in [5.41, 5.74) is 3.38. The van der Waals surface area contributed by atoms with Crippen molar-refractivity contribution in [2.45, 2.75) is 13.8 Å². The van der Waals surface area contributed by atoms with Crippen molar-refractivity contribution in [3.05, 3.63) is 46.1 Å². The fourth-order valence-corrected chi connectivity index (χ4v) is 1.99. The summed E-state index contributed by atoms with van der Waals surface area (Å²) in [6.45, 7) is 3.87. The van der Waals surface area contributed by atoms with Crippen molar-refractivity contribution in [2.24, 2.45) is 0 Å². The molecule has 0 unspecified atom stereocenters. The average molecular weight is 262 g/mol. The second-order valence-corrected chi connectivity index (χ2v) is 4.51. The first-order valence-corrected chi connectivity index (χ1v) is 5.84. The Bertz CT molecular complexity index is 662. The van der Waals surface area contributed by atoms with Crippen LogP contribution in [-0.4, -0.2) is 16.1 Å². The Kier molecular flexibility index (Phi) is 3.34. The van der Waals surface area contributed by atoms with Crippen LogP contribution in [0.2, 0.25) is 5.02 Å². The van der Waals surface area contributed by atoms with Gasteiger partial charge in [-0.3, -0.25) is 0 Å². The van der Waals surface area contributed by atoms with Crippen LogP contribution < -0.4 is 0 Å². The van der Waals surface area contributed by atoms with Gasteiger partial charge in [-0.2, -0.15) is 0 Å². The second kappa shape index (κ2) is 4.78. The Labute approximate surface area is 110 Å². The van der Waals surface area contributed by atoms with Crippen LogP contribution in [0.5, 0.6) is 0 Å². The van der Waals surface area contributed by atoms with E-state index in [-0.39, 0.29) is 0 Å². The lowest BCUT2D eigenvalue weighted by Crippen LogP contribution is -1.92. The number of halogens is 1. The van der Waals surface area contributed by atoms with Crippen molar-refractivity contribution in [1.29, 1.82) is 0 Å². The van der Waals surface area contributed by atoms with Crippen LogP contribution in [0.25, 0.3) is 17.0 Å². The molecule has 1 aromatic carbocycles. The highest BCUT2D eigenvalue weighted by Gasteiger charge is 2.06. The molecule has 0 saturated heterocycles. The van der Waals surface area contributed by atoms with E-state index in [9.17, 15) is 4.79 Å². The number of carboxylic acid groups (broad SMARTS) is 1. The number of aliphatic carboxylic acids is 1. The monoisotopic (exact) mass is 261 g/mol. The van der Waals surface area contributed by atoms with Crippen molar-refractivity contribution in [3.8, 4) is 0 Å². The zero-order chi connectivity index (χ0) is 13.3. The summed E-state index contributed by atoms with van der Waals surface area (Å²) < 4.78 is 0. The van der Waals surface area contributed by atoms with E-state index in [2.05, 4.69) is 4.98 Å². The minimum Gasteiger partial charge on any atom is -0.478 e. The summed E-state index contributed by atoms with van der Waals surface area (Å²) in [7, 11) is 0. The molecule has 0 aliphatic heterocycles. The Balaban J connectivity index is 2.67. The highest BCUT2D eigenvalue weighted by Crippen LogP contribution is 2.26. The van der Waals surface area contributed by atoms with E-state index >= 15 is 0 Å². The highest BCUT2D eigenvalue weighted by molar-refractivity contribution is 6.32. The summed E-state index contributed by atoms with van der Waals surface area (Å²) in [6.07, 6.45) is 2.56. The largest absolute Gasteiger partial charge is 0.478 e. The molecule has 0 aliphatic carbocycles. The number of aryl methyl sites for hydroxylation is 2. The van der Waals surface area contributed by atoms with E-state index < -0.39 is 5.97 Å². The Morgan fingerprint density at radius 3 is 2.78 bits per heavy atom. The molecule has 1 heterocycles. The molecule has 0 bridgehead atoms. The molecule has 3 nitrogen and oxygen atoms in total. The van der Waals surface area contributed by atoms with E-state index in [1.54, 1.807) is 0 Å². The number of aromatic nitrogens is 1. The first-order chi connectivity index (χ1) is 8.49. The van der Waals surface area contributed by atoms with Crippen molar-refractivity contribution in [2.75, 3.05) is 0 Å². The summed E-state index contributed by atoms with van der Waals surface area (Å²) >= 11 is 6.07. The van der Waals surface area contributed by atoms with Gasteiger partial charge in [0.15, 0.2) is 0 Å². The molecule has 0 atom stereocenters. The van der Waals surface area contributed by atoms with Gasteiger partial charge in [-0.05, 0) is 43.2 Å². The van der Waals surface area contributed by atoms with Crippen LogP contribution in [0.3, 0.4) is 0 Å². The van der Waals surface area contributed by atoms with Crippen molar-refractivity contribution in [1.82, 2.24) is 4.98 Å². The number of hydrogen-bond acceptors (Lipinski definition) is 2. The molecule has 2 rings (SSSR count). The third-order valence-corrected chi connectivity index (χ3v) is 3.20. The standard InChI is InChI=1S/C14H12ClNO2/c1-8-7-10(3-6-13(17)18)16-14-9(2)12(15)5-4-11(8)14/h3-7H,1-2H3,(H,17,18)/b6-3+. The molecule has 0 spiro atoms. The maximum absolute atomic E-state index is 10.5. The SMILES string of the molecule is Cc1cc(/C=C/C(=O)O)nc2c(C)c(Cl)ccc12. The minimum atomic E-state index is -0.989. The molecule has 92 valence electrons. The van der Waals surface area contributed by atoms with Crippen LogP contribution in [0.1, 0.15) is 16.8 Å². The maximum Gasteiger partial charge on any atom is 0.328 e. The van der Waals surface area contributed by atoms with Gasteiger partial charge < -0.3 is 5.11 Å². The lowest BCUT2D eigenvalue weighted by Gasteiger charge is -2.07. The van der Waals surface area contributed by atoms with Crippen LogP contribution in [0.4, 0.5) is 0 Å². The summed E-state index contributed by atoms with van der Waals surface area (Å²) in [6, 6.07) is 5.63. The Hall–Kier alpha value is -1.87. The fraction of sp³-hybridized carbons (Fsp3) is 0.143. The highest BCUT2D eigenvalue weighted by atomic mass is 35.5. The molecule has 2 aromatic rings. The molecule has 4 heteroatoms. The molecule has 1 N–H and O–H groups in total. The van der Waals surface area contributed by atoms with Gasteiger partial charge in [0.25, 0.3) is 0 Å². The predicted octanol–water partition coefficient (Wildman–Crippen LogP) is 3.60. The first kappa shape index (κ1) is 12.6. The molecule has 18 heavy (non-hydrogen) atoms. The van der Waals surface area contributed by atoms with Crippen LogP contribution in [0.15, 0.2) is 24.3 Å². The number of fused-ring (bicyclic) bond motifs is 1. The molecule has 0 amide bonds. The van der Waals surface area contributed by atoms with E-state index in [0.29, 0.717) is 10.7 Å².